The third kappa shape index (κ3) is 4.12. The quantitative estimate of drug-likeness (QED) is 0.446. The van der Waals surface area contributed by atoms with Gasteiger partial charge in [0.15, 0.2) is 17.5 Å². The van der Waals surface area contributed by atoms with Crippen LogP contribution in [-0.4, -0.2) is 59.3 Å². The Morgan fingerprint density at radius 3 is 2.68 bits per heavy atom. The molecule has 6 heteroatoms. The molecular weight excluding hydrogens is 392 g/mol. The van der Waals surface area contributed by atoms with Crippen LogP contribution < -0.4 is 0 Å². The summed E-state index contributed by atoms with van der Waals surface area (Å²) in [6.45, 7) is 9.11. The van der Waals surface area contributed by atoms with Gasteiger partial charge in [0, 0.05) is 37.8 Å². The number of amides is 1. The summed E-state index contributed by atoms with van der Waals surface area (Å²) in [4.78, 5) is 20.7. The Kier molecular flexibility index (Phi) is 6.97. The molecule has 0 bridgehead atoms. The van der Waals surface area contributed by atoms with Crippen LogP contribution in [0.2, 0.25) is 0 Å². The second-order valence-electron chi connectivity index (χ2n) is 9.17. The summed E-state index contributed by atoms with van der Waals surface area (Å²) in [5.74, 6) is 1.03. The monoisotopic (exact) mass is 428 g/mol. The Morgan fingerprint density at radius 2 is 1.97 bits per heavy atom. The standard InChI is InChI=1S/C25H36N2O4/c1-3-14-25-22(20-8-5-6-9-21(20)27(15-4-2)24(25)29)31-23(26-25)18-10-12-19(13-11-18)30-17-7-16-28/h3-4,18-19,22,28H,1-2,5-17H2/t18?,19?,22-,25-/m0/s1. The Morgan fingerprint density at radius 1 is 1.19 bits per heavy atom. The lowest BCUT2D eigenvalue weighted by atomic mass is 9.76. The number of aliphatic imine (C=N–C) groups is 1. The van der Waals surface area contributed by atoms with Gasteiger partial charge in [0.1, 0.15) is 0 Å². The van der Waals surface area contributed by atoms with Crippen LogP contribution in [0.1, 0.15) is 64.2 Å². The number of carbonyl (C=O) groups excluding carboxylic acids is 1. The van der Waals surface area contributed by atoms with Gasteiger partial charge in [-0.1, -0.05) is 12.2 Å². The third-order valence-electron chi connectivity index (χ3n) is 7.17. The normalized spacial score (nSPS) is 32.8. The van der Waals surface area contributed by atoms with Crippen LogP contribution in [-0.2, 0) is 14.3 Å². The van der Waals surface area contributed by atoms with Crippen LogP contribution in [0.25, 0.3) is 0 Å². The van der Waals surface area contributed by atoms with Crippen LogP contribution in [0.3, 0.4) is 0 Å². The maximum absolute atomic E-state index is 13.8. The van der Waals surface area contributed by atoms with Crippen molar-refractivity contribution >= 4 is 11.8 Å². The van der Waals surface area contributed by atoms with Gasteiger partial charge in [-0.3, -0.25) is 4.79 Å². The maximum atomic E-state index is 13.8. The molecule has 0 unspecified atom stereocenters. The molecule has 2 atom stereocenters. The molecule has 0 radical (unpaired) electrons. The molecule has 1 amide bonds. The van der Waals surface area contributed by atoms with Gasteiger partial charge in [-0.2, -0.15) is 0 Å². The van der Waals surface area contributed by atoms with Crippen LogP contribution in [0.15, 0.2) is 41.6 Å². The Hall–Kier alpha value is -1.92. The van der Waals surface area contributed by atoms with Gasteiger partial charge in [0.2, 0.25) is 0 Å². The number of nitrogens with zero attached hydrogens (tertiary/aromatic N) is 2. The first kappa shape index (κ1) is 22.3. The maximum Gasteiger partial charge on any atom is 0.259 e. The van der Waals surface area contributed by atoms with Crippen molar-refractivity contribution < 1.29 is 19.4 Å². The van der Waals surface area contributed by atoms with Gasteiger partial charge in [0.05, 0.1) is 6.10 Å². The number of ether oxygens (including phenoxy) is 2. The predicted molar refractivity (Wildman–Crippen MR) is 121 cm³/mol. The molecule has 2 heterocycles. The fraction of sp³-hybridized carbons (Fsp3) is 0.680. The zero-order valence-electron chi connectivity index (χ0n) is 18.6. The lowest BCUT2D eigenvalue weighted by Gasteiger charge is -2.44. The lowest BCUT2D eigenvalue weighted by Crippen LogP contribution is -2.58. The van der Waals surface area contributed by atoms with E-state index in [4.69, 9.17) is 19.6 Å². The van der Waals surface area contributed by atoms with Gasteiger partial charge in [-0.25, -0.2) is 4.99 Å². The lowest BCUT2D eigenvalue weighted by molar-refractivity contribution is -0.138. The van der Waals surface area contributed by atoms with E-state index in [1.807, 2.05) is 11.0 Å². The highest BCUT2D eigenvalue weighted by molar-refractivity contribution is 5.97. The zero-order valence-corrected chi connectivity index (χ0v) is 18.6. The Bertz CT molecular complexity index is 765. The van der Waals surface area contributed by atoms with E-state index in [0.29, 0.717) is 26.0 Å². The molecule has 31 heavy (non-hydrogen) atoms. The molecule has 2 aliphatic heterocycles. The minimum Gasteiger partial charge on any atom is -0.470 e. The zero-order chi connectivity index (χ0) is 21.8. The van der Waals surface area contributed by atoms with E-state index in [1.165, 1.54) is 5.57 Å². The first-order chi connectivity index (χ1) is 15.1. The second kappa shape index (κ2) is 9.70. The van der Waals surface area contributed by atoms with E-state index in [1.54, 1.807) is 6.08 Å². The molecule has 2 aliphatic carbocycles. The van der Waals surface area contributed by atoms with Crippen molar-refractivity contribution in [3.05, 3.63) is 36.6 Å². The summed E-state index contributed by atoms with van der Waals surface area (Å²) >= 11 is 0. The van der Waals surface area contributed by atoms with E-state index < -0.39 is 5.54 Å². The number of rotatable bonds is 9. The van der Waals surface area contributed by atoms with Crippen molar-refractivity contribution in [3.8, 4) is 0 Å². The van der Waals surface area contributed by atoms with Crippen molar-refractivity contribution in [2.24, 2.45) is 10.9 Å². The molecule has 0 aromatic heterocycles. The van der Waals surface area contributed by atoms with Crippen molar-refractivity contribution in [2.75, 3.05) is 19.8 Å². The molecule has 1 N–H and O–H groups in total. The highest BCUT2D eigenvalue weighted by Crippen LogP contribution is 2.47. The number of aliphatic hydroxyl groups excluding tert-OH is 1. The van der Waals surface area contributed by atoms with Gasteiger partial charge >= 0.3 is 0 Å². The first-order valence-electron chi connectivity index (χ1n) is 11.9. The van der Waals surface area contributed by atoms with Crippen molar-refractivity contribution in [2.45, 2.75) is 82.0 Å². The van der Waals surface area contributed by atoms with E-state index in [9.17, 15) is 4.79 Å². The van der Waals surface area contributed by atoms with Crippen LogP contribution in [0.5, 0.6) is 0 Å². The first-order valence-corrected chi connectivity index (χ1v) is 11.9. The number of carbonyl (C=O) groups is 1. The van der Waals surface area contributed by atoms with Crippen molar-refractivity contribution in [1.82, 2.24) is 4.90 Å². The molecule has 0 aromatic rings. The summed E-state index contributed by atoms with van der Waals surface area (Å²) in [7, 11) is 0. The molecule has 1 fully saturated rings. The summed E-state index contributed by atoms with van der Waals surface area (Å²) < 4.78 is 12.4. The van der Waals surface area contributed by atoms with E-state index in [0.717, 1.165) is 63.0 Å². The highest BCUT2D eigenvalue weighted by Gasteiger charge is 2.59. The SMILES string of the molecule is C=CCN1C(=O)[C@@]2(CC=C)N=C(C3CCC(OCCCO)CC3)O[C@H]2C2=C1CCCC2. The van der Waals surface area contributed by atoms with Crippen molar-refractivity contribution in [3.63, 3.8) is 0 Å². The van der Waals surface area contributed by atoms with Crippen LogP contribution in [0, 0.1) is 5.92 Å². The van der Waals surface area contributed by atoms with Crippen LogP contribution >= 0.6 is 0 Å². The van der Waals surface area contributed by atoms with Crippen molar-refractivity contribution in [1.29, 1.82) is 0 Å². The molecule has 0 spiro atoms. The average Bonchev–Trinajstić information content (AvgIpc) is 3.19. The summed E-state index contributed by atoms with van der Waals surface area (Å²) in [6, 6.07) is 0. The topological polar surface area (TPSA) is 71.4 Å². The number of fused-ring (bicyclic) bond motifs is 2. The number of hydrogen-bond acceptors (Lipinski definition) is 5. The number of aliphatic hydroxyl groups is 1. The van der Waals surface area contributed by atoms with E-state index in [-0.39, 0.29) is 30.6 Å². The fourth-order valence-corrected chi connectivity index (χ4v) is 5.64. The third-order valence-corrected chi connectivity index (χ3v) is 7.17. The summed E-state index contributed by atoms with van der Waals surface area (Å²) in [5, 5.41) is 8.95. The van der Waals surface area contributed by atoms with Gasteiger partial charge in [-0.15, -0.1) is 13.2 Å². The Balaban J connectivity index is 1.56. The average molecular weight is 429 g/mol. The van der Waals surface area contributed by atoms with E-state index >= 15 is 0 Å². The molecule has 6 nitrogen and oxygen atoms in total. The smallest absolute Gasteiger partial charge is 0.259 e. The molecular formula is C25H36N2O4. The second-order valence-corrected chi connectivity index (χ2v) is 9.17. The molecule has 1 saturated carbocycles. The number of allylic oxidation sites excluding steroid dienone is 1. The number of hydrogen-bond donors (Lipinski definition) is 1. The minimum atomic E-state index is -0.912. The Labute approximate surface area is 185 Å². The van der Waals surface area contributed by atoms with Gasteiger partial charge < -0.3 is 19.5 Å². The molecule has 4 aliphatic rings. The predicted octanol–water partition coefficient (Wildman–Crippen LogP) is 3.91. The minimum absolute atomic E-state index is 0.0361. The summed E-state index contributed by atoms with van der Waals surface area (Å²) in [6.07, 6.45) is 12.7. The fourth-order valence-electron chi connectivity index (χ4n) is 5.64. The van der Waals surface area contributed by atoms with Crippen LogP contribution in [0.4, 0.5) is 0 Å². The van der Waals surface area contributed by atoms with Gasteiger partial charge in [0.25, 0.3) is 5.91 Å². The van der Waals surface area contributed by atoms with E-state index in [2.05, 4.69) is 13.2 Å². The largest absolute Gasteiger partial charge is 0.470 e. The summed E-state index contributed by atoms with van der Waals surface area (Å²) in [5.41, 5.74) is 1.48. The molecule has 0 saturated heterocycles. The van der Waals surface area contributed by atoms with Gasteiger partial charge in [-0.05, 0) is 63.4 Å². The molecule has 170 valence electrons. The highest BCUT2D eigenvalue weighted by atomic mass is 16.5. The molecule has 4 rings (SSSR count). The molecule has 0 aromatic carbocycles.